The lowest BCUT2D eigenvalue weighted by Gasteiger charge is -2.20. The van der Waals surface area contributed by atoms with Crippen molar-refractivity contribution in [2.45, 2.75) is 6.04 Å². The average Bonchev–Trinajstić information content (AvgIpc) is 3.22. The summed E-state index contributed by atoms with van der Waals surface area (Å²) in [6, 6.07) is 18.6. The monoisotopic (exact) mass is 346 g/mol. The summed E-state index contributed by atoms with van der Waals surface area (Å²) in [6.07, 6.45) is 3.29. The summed E-state index contributed by atoms with van der Waals surface area (Å²) in [5.41, 5.74) is 2.15. The normalized spacial score (nSPS) is 12.0. The zero-order chi connectivity index (χ0) is 17.9. The molecule has 2 aromatic carbocycles. The number of aromatic nitrogens is 1. The van der Waals surface area contributed by atoms with Crippen LogP contribution in [0.25, 0.3) is 10.9 Å². The van der Waals surface area contributed by atoms with Crippen LogP contribution in [-0.2, 0) is 0 Å². The van der Waals surface area contributed by atoms with E-state index in [0.29, 0.717) is 16.8 Å². The minimum absolute atomic E-state index is 0.144. The second-order valence-corrected chi connectivity index (χ2v) is 5.90. The van der Waals surface area contributed by atoms with Crippen molar-refractivity contribution in [3.05, 3.63) is 84.4 Å². The Bertz CT molecular complexity index is 1010. The minimum Gasteiger partial charge on any atom is -0.505 e. The highest BCUT2D eigenvalue weighted by atomic mass is 16.5. The molecule has 0 spiro atoms. The molecule has 4 aromatic rings. The number of rotatable bonds is 5. The Morgan fingerprint density at radius 3 is 2.62 bits per heavy atom. The van der Waals surface area contributed by atoms with Crippen molar-refractivity contribution in [2.75, 3.05) is 12.4 Å². The van der Waals surface area contributed by atoms with Crippen LogP contribution in [0.3, 0.4) is 0 Å². The van der Waals surface area contributed by atoms with Gasteiger partial charge in [0.2, 0.25) is 0 Å². The zero-order valence-corrected chi connectivity index (χ0v) is 14.2. The molecule has 5 nitrogen and oxygen atoms in total. The van der Waals surface area contributed by atoms with Gasteiger partial charge in [0.15, 0.2) is 0 Å². The summed E-state index contributed by atoms with van der Waals surface area (Å²) in [5.74, 6) is 1.62. The fraction of sp³-hybridized carbons (Fsp3) is 0.0952. The van der Waals surface area contributed by atoms with Gasteiger partial charge in [0, 0.05) is 22.8 Å². The van der Waals surface area contributed by atoms with Crippen LogP contribution in [0, 0.1) is 0 Å². The summed E-state index contributed by atoms with van der Waals surface area (Å²) in [5, 5.41) is 15.1. The van der Waals surface area contributed by atoms with Crippen molar-refractivity contribution in [2.24, 2.45) is 0 Å². The third-order valence-electron chi connectivity index (χ3n) is 4.32. The van der Waals surface area contributed by atoms with Crippen LogP contribution >= 0.6 is 0 Å². The van der Waals surface area contributed by atoms with Gasteiger partial charge in [0.1, 0.15) is 28.8 Å². The lowest BCUT2D eigenvalue weighted by Crippen LogP contribution is -2.12. The van der Waals surface area contributed by atoms with Crippen molar-refractivity contribution in [3.63, 3.8) is 0 Å². The van der Waals surface area contributed by atoms with E-state index in [2.05, 4.69) is 10.3 Å². The van der Waals surface area contributed by atoms with Crippen molar-refractivity contribution in [1.29, 1.82) is 0 Å². The average molecular weight is 346 g/mol. The number of furan rings is 1. The van der Waals surface area contributed by atoms with Crippen molar-refractivity contribution in [3.8, 4) is 11.5 Å². The van der Waals surface area contributed by atoms with Gasteiger partial charge in [0.25, 0.3) is 0 Å². The molecule has 2 N–H and O–H groups in total. The first-order chi connectivity index (χ1) is 12.8. The topological polar surface area (TPSA) is 67.5 Å². The number of hydrogen-bond acceptors (Lipinski definition) is 5. The molecule has 0 fully saturated rings. The lowest BCUT2D eigenvalue weighted by atomic mass is 10.0. The van der Waals surface area contributed by atoms with E-state index in [1.807, 2.05) is 60.7 Å². The SMILES string of the molecule is COc1ccc(NC(c2ccco2)c2ccc3cccnc3c2O)cc1. The van der Waals surface area contributed by atoms with Gasteiger partial charge in [-0.25, -0.2) is 0 Å². The lowest BCUT2D eigenvalue weighted by molar-refractivity contribution is 0.415. The number of nitrogens with zero attached hydrogens (tertiary/aromatic N) is 1. The maximum Gasteiger partial charge on any atom is 0.147 e. The number of nitrogens with one attached hydrogen (secondary N) is 1. The Hall–Kier alpha value is -3.47. The maximum absolute atomic E-state index is 10.8. The van der Waals surface area contributed by atoms with Gasteiger partial charge in [-0.05, 0) is 42.5 Å². The van der Waals surface area contributed by atoms with Crippen LogP contribution in [0.4, 0.5) is 5.69 Å². The first-order valence-electron chi connectivity index (χ1n) is 8.27. The Balaban J connectivity index is 1.77. The molecule has 1 unspecified atom stereocenters. The van der Waals surface area contributed by atoms with Gasteiger partial charge in [-0.2, -0.15) is 0 Å². The number of aromatic hydroxyl groups is 1. The van der Waals surface area contributed by atoms with E-state index >= 15 is 0 Å². The number of benzene rings is 2. The predicted octanol–water partition coefficient (Wildman–Crippen LogP) is 4.74. The van der Waals surface area contributed by atoms with Gasteiger partial charge >= 0.3 is 0 Å². The molecule has 0 aliphatic rings. The second-order valence-electron chi connectivity index (χ2n) is 5.90. The highest BCUT2D eigenvalue weighted by Gasteiger charge is 2.22. The van der Waals surface area contributed by atoms with Crippen LogP contribution in [-0.4, -0.2) is 17.2 Å². The molecule has 5 heteroatoms. The molecule has 26 heavy (non-hydrogen) atoms. The Kier molecular flexibility index (Phi) is 4.19. The number of hydrogen-bond donors (Lipinski definition) is 2. The first-order valence-corrected chi connectivity index (χ1v) is 8.27. The fourth-order valence-corrected chi connectivity index (χ4v) is 2.99. The van der Waals surface area contributed by atoms with E-state index in [1.54, 1.807) is 19.6 Å². The van der Waals surface area contributed by atoms with Crippen LogP contribution in [0.1, 0.15) is 17.4 Å². The molecule has 130 valence electrons. The van der Waals surface area contributed by atoms with E-state index in [4.69, 9.17) is 9.15 Å². The first kappa shape index (κ1) is 16.0. The summed E-state index contributed by atoms with van der Waals surface area (Å²) >= 11 is 0. The van der Waals surface area contributed by atoms with Gasteiger partial charge in [0.05, 0.1) is 13.4 Å². The Labute approximate surface area is 150 Å². The van der Waals surface area contributed by atoms with Crippen molar-refractivity contribution < 1.29 is 14.3 Å². The highest BCUT2D eigenvalue weighted by molar-refractivity contribution is 5.85. The standard InChI is InChI=1S/C21H18N2O3/c1-25-16-9-7-15(8-10-16)23-20(18-5-3-13-26-18)17-11-6-14-4-2-12-22-19(14)21(17)24/h2-13,20,23-24H,1H3. The van der Waals surface area contributed by atoms with Crippen molar-refractivity contribution >= 4 is 16.6 Å². The molecule has 2 heterocycles. The van der Waals surface area contributed by atoms with Crippen LogP contribution in [0.5, 0.6) is 11.5 Å². The fourth-order valence-electron chi connectivity index (χ4n) is 2.99. The molecule has 0 aliphatic heterocycles. The number of methoxy groups -OCH3 is 1. The third-order valence-corrected chi connectivity index (χ3v) is 4.32. The molecule has 4 rings (SSSR count). The Morgan fingerprint density at radius 2 is 1.88 bits per heavy atom. The smallest absolute Gasteiger partial charge is 0.147 e. The second kappa shape index (κ2) is 6.80. The molecular formula is C21H18N2O3. The number of phenols is 1. The summed E-state index contributed by atoms with van der Waals surface area (Å²) in [4.78, 5) is 4.31. The van der Waals surface area contributed by atoms with E-state index in [0.717, 1.165) is 16.8 Å². The third kappa shape index (κ3) is 2.95. The molecule has 0 aliphatic carbocycles. The van der Waals surface area contributed by atoms with E-state index in [1.165, 1.54) is 0 Å². The largest absolute Gasteiger partial charge is 0.505 e. The molecule has 1 atom stereocenters. The van der Waals surface area contributed by atoms with E-state index in [-0.39, 0.29) is 11.8 Å². The molecule has 2 aromatic heterocycles. The molecule has 0 saturated carbocycles. The Morgan fingerprint density at radius 1 is 1.04 bits per heavy atom. The number of pyridine rings is 1. The van der Waals surface area contributed by atoms with E-state index in [9.17, 15) is 5.11 Å². The number of fused-ring (bicyclic) bond motifs is 1. The summed E-state index contributed by atoms with van der Waals surface area (Å²) in [7, 11) is 1.63. The molecular weight excluding hydrogens is 328 g/mol. The van der Waals surface area contributed by atoms with E-state index < -0.39 is 0 Å². The number of ether oxygens (including phenoxy) is 1. The number of anilines is 1. The molecule has 0 saturated heterocycles. The maximum atomic E-state index is 10.8. The van der Waals surface area contributed by atoms with Gasteiger partial charge in [-0.3, -0.25) is 4.98 Å². The van der Waals surface area contributed by atoms with Crippen molar-refractivity contribution in [1.82, 2.24) is 4.98 Å². The van der Waals surface area contributed by atoms with Gasteiger partial charge < -0.3 is 19.6 Å². The number of phenolic OH excluding ortho intramolecular Hbond substituents is 1. The quantitative estimate of drug-likeness (QED) is 0.546. The summed E-state index contributed by atoms with van der Waals surface area (Å²) < 4.78 is 10.8. The molecule has 0 bridgehead atoms. The van der Waals surface area contributed by atoms with Crippen LogP contribution in [0.15, 0.2) is 77.5 Å². The van der Waals surface area contributed by atoms with Gasteiger partial charge in [-0.15, -0.1) is 0 Å². The minimum atomic E-state index is -0.357. The molecule has 0 amide bonds. The van der Waals surface area contributed by atoms with Crippen LogP contribution in [0.2, 0.25) is 0 Å². The predicted molar refractivity (Wildman–Crippen MR) is 101 cm³/mol. The highest BCUT2D eigenvalue weighted by Crippen LogP contribution is 2.36. The van der Waals surface area contributed by atoms with Gasteiger partial charge in [-0.1, -0.05) is 18.2 Å². The molecule has 0 radical (unpaired) electrons. The zero-order valence-electron chi connectivity index (χ0n) is 14.2. The van der Waals surface area contributed by atoms with Crippen LogP contribution < -0.4 is 10.1 Å². The summed E-state index contributed by atoms with van der Waals surface area (Å²) in [6.45, 7) is 0.